The van der Waals surface area contributed by atoms with E-state index in [2.05, 4.69) is 37.0 Å². The van der Waals surface area contributed by atoms with E-state index in [0.29, 0.717) is 12.0 Å². The molecule has 0 amide bonds. The second-order valence-corrected chi connectivity index (χ2v) is 7.71. The molecule has 4 aromatic rings. The SMILES string of the molecule is CC[C@@H]1c2nncn2-c2cnc(-n3ccnc3-c3ccncc3)nc2N1C1CCC1. The van der Waals surface area contributed by atoms with Gasteiger partial charge < -0.3 is 4.90 Å². The van der Waals surface area contributed by atoms with Crippen LogP contribution in [-0.4, -0.2) is 45.3 Å². The monoisotopic (exact) mass is 399 g/mol. The highest BCUT2D eigenvalue weighted by Crippen LogP contribution is 2.43. The van der Waals surface area contributed by atoms with Crippen molar-refractivity contribution >= 4 is 5.82 Å². The minimum Gasteiger partial charge on any atom is -0.341 e. The van der Waals surface area contributed by atoms with Crippen LogP contribution in [0, 0.1) is 0 Å². The smallest absolute Gasteiger partial charge is 0.237 e. The molecule has 1 saturated carbocycles. The van der Waals surface area contributed by atoms with Gasteiger partial charge in [-0.05, 0) is 37.8 Å². The van der Waals surface area contributed by atoms with Gasteiger partial charge in [-0.3, -0.25) is 14.1 Å². The van der Waals surface area contributed by atoms with Gasteiger partial charge in [0, 0.05) is 36.4 Å². The Kier molecular flexibility index (Phi) is 3.87. The van der Waals surface area contributed by atoms with E-state index in [1.54, 1.807) is 24.9 Å². The lowest BCUT2D eigenvalue weighted by molar-refractivity contribution is 0.341. The standard InChI is InChI=1S/C21H21N9/c1-2-16-20-27-25-13-29(20)17-12-24-21(26-19(17)30(16)15-4-3-5-15)28-11-10-23-18(28)14-6-8-22-9-7-14/h6-13,15-16H,2-5H2,1H3/t16-/m1/s1. The number of rotatable bonds is 4. The van der Waals surface area contributed by atoms with E-state index in [9.17, 15) is 0 Å². The Morgan fingerprint density at radius 3 is 2.70 bits per heavy atom. The second-order valence-electron chi connectivity index (χ2n) is 7.71. The first-order chi connectivity index (χ1) is 14.8. The molecule has 0 saturated heterocycles. The normalized spacial score (nSPS) is 18.0. The molecule has 5 heterocycles. The van der Waals surface area contributed by atoms with Gasteiger partial charge in [-0.15, -0.1) is 10.2 Å². The van der Waals surface area contributed by atoms with Crippen LogP contribution in [0.15, 0.2) is 49.4 Å². The minimum absolute atomic E-state index is 0.163. The summed E-state index contributed by atoms with van der Waals surface area (Å²) in [5.74, 6) is 3.31. The summed E-state index contributed by atoms with van der Waals surface area (Å²) in [5, 5.41) is 8.59. The van der Waals surface area contributed by atoms with Crippen LogP contribution in [0.5, 0.6) is 0 Å². The van der Waals surface area contributed by atoms with Crippen molar-refractivity contribution in [2.45, 2.75) is 44.7 Å². The maximum atomic E-state index is 5.05. The fourth-order valence-electron chi connectivity index (χ4n) is 4.41. The molecule has 0 radical (unpaired) electrons. The van der Waals surface area contributed by atoms with Gasteiger partial charge in [-0.25, -0.2) is 9.97 Å². The molecule has 1 aliphatic heterocycles. The molecule has 1 aliphatic carbocycles. The number of fused-ring (bicyclic) bond motifs is 3. The van der Waals surface area contributed by atoms with Crippen LogP contribution in [0.25, 0.3) is 23.0 Å². The number of imidazole rings is 1. The number of pyridine rings is 1. The van der Waals surface area contributed by atoms with E-state index in [0.717, 1.165) is 35.1 Å². The third kappa shape index (κ3) is 2.47. The van der Waals surface area contributed by atoms with Crippen molar-refractivity contribution in [3.8, 4) is 23.0 Å². The molecule has 0 spiro atoms. The summed E-state index contributed by atoms with van der Waals surface area (Å²) in [6, 6.07) is 4.52. The quantitative estimate of drug-likeness (QED) is 0.521. The Balaban J connectivity index is 1.51. The van der Waals surface area contributed by atoms with Crippen LogP contribution in [0.4, 0.5) is 5.82 Å². The summed E-state index contributed by atoms with van der Waals surface area (Å²) in [5.41, 5.74) is 1.90. The van der Waals surface area contributed by atoms with Crippen LogP contribution in [-0.2, 0) is 0 Å². The lowest BCUT2D eigenvalue weighted by Crippen LogP contribution is -2.46. The summed E-state index contributed by atoms with van der Waals surface area (Å²) < 4.78 is 3.96. The van der Waals surface area contributed by atoms with Crippen molar-refractivity contribution in [3.63, 3.8) is 0 Å². The summed E-state index contributed by atoms with van der Waals surface area (Å²) in [6.07, 6.45) is 15.4. The van der Waals surface area contributed by atoms with E-state index >= 15 is 0 Å². The van der Waals surface area contributed by atoms with Crippen LogP contribution in [0.2, 0.25) is 0 Å². The average molecular weight is 399 g/mol. The summed E-state index contributed by atoms with van der Waals surface area (Å²) >= 11 is 0. The zero-order valence-corrected chi connectivity index (χ0v) is 16.6. The molecule has 1 fully saturated rings. The molecule has 1 atom stereocenters. The van der Waals surface area contributed by atoms with Crippen molar-refractivity contribution in [1.29, 1.82) is 0 Å². The summed E-state index contributed by atoms with van der Waals surface area (Å²) in [4.78, 5) is 20.8. The summed E-state index contributed by atoms with van der Waals surface area (Å²) in [7, 11) is 0. The van der Waals surface area contributed by atoms with Gasteiger partial charge in [-0.1, -0.05) is 6.92 Å². The third-order valence-corrected chi connectivity index (χ3v) is 6.10. The van der Waals surface area contributed by atoms with Gasteiger partial charge in [0.2, 0.25) is 5.95 Å². The molecule has 4 aromatic heterocycles. The predicted molar refractivity (Wildman–Crippen MR) is 110 cm³/mol. The third-order valence-electron chi connectivity index (χ3n) is 6.10. The Hall–Kier alpha value is -3.62. The maximum absolute atomic E-state index is 5.05. The lowest BCUT2D eigenvalue weighted by atomic mass is 9.89. The van der Waals surface area contributed by atoms with Crippen molar-refractivity contribution in [2.75, 3.05) is 4.90 Å². The van der Waals surface area contributed by atoms with E-state index in [4.69, 9.17) is 4.98 Å². The van der Waals surface area contributed by atoms with E-state index in [-0.39, 0.29) is 6.04 Å². The number of aromatic nitrogens is 8. The van der Waals surface area contributed by atoms with E-state index in [1.807, 2.05) is 33.7 Å². The predicted octanol–water partition coefficient (Wildman–Crippen LogP) is 3.13. The fourth-order valence-corrected chi connectivity index (χ4v) is 4.41. The fraction of sp³-hybridized carbons (Fsp3) is 0.333. The van der Waals surface area contributed by atoms with Crippen molar-refractivity contribution in [1.82, 2.24) is 39.3 Å². The van der Waals surface area contributed by atoms with Crippen LogP contribution < -0.4 is 4.90 Å². The highest BCUT2D eigenvalue weighted by molar-refractivity contribution is 5.64. The molecule has 0 aromatic carbocycles. The average Bonchev–Trinajstić information content (AvgIpc) is 3.43. The van der Waals surface area contributed by atoms with Crippen molar-refractivity contribution in [2.24, 2.45) is 0 Å². The van der Waals surface area contributed by atoms with Gasteiger partial charge in [0.1, 0.15) is 17.8 Å². The van der Waals surface area contributed by atoms with Crippen molar-refractivity contribution < 1.29 is 0 Å². The summed E-state index contributed by atoms with van der Waals surface area (Å²) in [6.45, 7) is 2.19. The van der Waals surface area contributed by atoms with E-state index in [1.165, 1.54) is 19.3 Å². The molecular weight excluding hydrogens is 378 g/mol. The Morgan fingerprint density at radius 1 is 1.07 bits per heavy atom. The topological polar surface area (TPSA) is 90.4 Å². The first-order valence-electron chi connectivity index (χ1n) is 10.3. The van der Waals surface area contributed by atoms with Gasteiger partial charge >= 0.3 is 0 Å². The molecule has 150 valence electrons. The number of hydrogen-bond acceptors (Lipinski definition) is 7. The molecule has 0 N–H and O–H groups in total. The Bertz CT molecular complexity index is 1190. The zero-order chi connectivity index (χ0) is 20.1. The highest BCUT2D eigenvalue weighted by atomic mass is 15.4. The molecule has 2 aliphatic rings. The van der Waals surface area contributed by atoms with Crippen LogP contribution in [0.3, 0.4) is 0 Å². The number of hydrogen-bond donors (Lipinski definition) is 0. The van der Waals surface area contributed by atoms with E-state index < -0.39 is 0 Å². The maximum Gasteiger partial charge on any atom is 0.237 e. The Labute approximate surface area is 173 Å². The molecule has 9 heteroatoms. The second kappa shape index (κ2) is 6.72. The molecule has 9 nitrogen and oxygen atoms in total. The van der Waals surface area contributed by atoms with Gasteiger partial charge in [0.05, 0.1) is 12.2 Å². The first-order valence-corrected chi connectivity index (χ1v) is 10.3. The molecule has 30 heavy (non-hydrogen) atoms. The largest absolute Gasteiger partial charge is 0.341 e. The highest BCUT2D eigenvalue weighted by Gasteiger charge is 2.39. The molecule has 0 bridgehead atoms. The van der Waals surface area contributed by atoms with Crippen LogP contribution >= 0.6 is 0 Å². The zero-order valence-electron chi connectivity index (χ0n) is 16.6. The van der Waals surface area contributed by atoms with Crippen molar-refractivity contribution in [3.05, 3.63) is 55.3 Å². The first kappa shape index (κ1) is 17.3. The van der Waals surface area contributed by atoms with Crippen LogP contribution in [0.1, 0.15) is 44.5 Å². The molecule has 6 rings (SSSR count). The number of nitrogens with zero attached hydrogens (tertiary/aromatic N) is 9. The molecule has 0 unspecified atom stereocenters. The lowest BCUT2D eigenvalue weighted by Gasteiger charge is -2.45. The van der Waals surface area contributed by atoms with Gasteiger partial charge in [0.15, 0.2) is 11.6 Å². The minimum atomic E-state index is 0.163. The number of anilines is 1. The van der Waals surface area contributed by atoms with Gasteiger partial charge in [-0.2, -0.15) is 4.98 Å². The Morgan fingerprint density at radius 2 is 1.93 bits per heavy atom. The van der Waals surface area contributed by atoms with Gasteiger partial charge in [0.25, 0.3) is 0 Å². The molecular formula is C21H21N9.